The van der Waals surface area contributed by atoms with Gasteiger partial charge in [0.05, 0.1) is 0 Å². The van der Waals surface area contributed by atoms with E-state index in [-0.39, 0.29) is 17.9 Å². The molecule has 0 radical (unpaired) electrons. The van der Waals surface area contributed by atoms with Crippen LogP contribution < -0.4 is 10.5 Å². The molecular weight excluding hydrogens is 266 g/mol. The van der Waals surface area contributed by atoms with Gasteiger partial charge in [-0.05, 0) is 25.2 Å². The molecule has 1 aliphatic heterocycles. The number of piperidine rings is 1. The van der Waals surface area contributed by atoms with Crippen LogP contribution in [0.3, 0.4) is 0 Å². The molecule has 1 atom stereocenters. The summed E-state index contributed by atoms with van der Waals surface area (Å²) in [4.78, 5) is 12.1. The molecule has 1 unspecified atom stereocenters. The van der Waals surface area contributed by atoms with Crippen LogP contribution in [0.4, 0.5) is 0 Å². The van der Waals surface area contributed by atoms with Crippen molar-refractivity contribution in [3.8, 4) is 0 Å². The highest BCUT2D eigenvalue weighted by Crippen LogP contribution is 2.19. The molecule has 1 aliphatic rings. The van der Waals surface area contributed by atoms with Gasteiger partial charge in [0.15, 0.2) is 0 Å². The van der Waals surface area contributed by atoms with Crippen LogP contribution in [0.25, 0.3) is 0 Å². The smallest absolute Gasteiger partial charge is 0.276 e. The van der Waals surface area contributed by atoms with Crippen LogP contribution in [-0.2, 0) is 15.0 Å². The lowest BCUT2D eigenvalue weighted by Crippen LogP contribution is -2.47. The lowest BCUT2D eigenvalue weighted by molar-refractivity contribution is -0.127. The van der Waals surface area contributed by atoms with Crippen molar-refractivity contribution in [1.29, 1.82) is 0 Å². The van der Waals surface area contributed by atoms with E-state index in [1.54, 1.807) is 0 Å². The molecule has 0 aromatic carbocycles. The van der Waals surface area contributed by atoms with Crippen molar-refractivity contribution >= 4 is 16.1 Å². The zero-order chi connectivity index (χ0) is 14.6. The van der Waals surface area contributed by atoms with E-state index in [1.807, 2.05) is 0 Å². The molecule has 0 aromatic rings. The first-order valence-corrected chi connectivity index (χ1v) is 8.34. The van der Waals surface area contributed by atoms with Crippen LogP contribution in [0, 0.1) is 11.8 Å². The number of nitrogens with two attached hydrogens (primary N) is 1. The number of carbonyl (C=O) groups excluding carboxylic acids is 1. The molecule has 1 saturated heterocycles. The van der Waals surface area contributed by atoms with Gasteiger partial charge in [0.1, 0.15) is 0 Å². The average Bonchev–Trinajstić information content (AvgIpc) is 2.34. The second kappa shape index (κ2) is 6.67. The molecule has 0 aromatic heterocycles. The van der Waals surface area contributed by atoms with Crippen molar-refractivity contribution in [1.82, 2.24) is 9.62 Å². The van der Waals surface area contributed by atoms with Crippen LogP contribution >= 0.6 is 0 Å². The first kappa shape index (κ1) is 16.4. The van der Waals surface area contributed by atoms with Crippen molar-refractivity contribution in [3.63, 3.8) is 0 Å². The Labute approximate surface area is 115 Å². The minimum absolute atomic E-state index is 0.0367. The highest BCUT2D eigenvalue weighted by Gasteiger charge is 2.30. The second-order valence-electron chi connectivity index (χ2n) is 5.49. The molecule has 6 nitrogen and oxygen atoms in total. The van der Waals surface area contributed by atoms with Crippen LogP contribution in [0.2, 0.25) is 0 Å². The molecule has 1 rings (SSSR count). The van der Waals surface area contributed by atoms with Crippen molar-refractivity contribution in [2.24, 2.45) is 17.0 Å². The third-order valence-electron chi connectivity index (χ3n) is 3.76. The summed E-state index contributed by atoms with van der Waals surface area (Å²) in [7, 11) is -3.61. The SMILES string of the molecule is CCC(NC(=O)C1CCN(S(N)(=O)=O)CC1)C(C)C. The van der Waals surface area contributed by atoms with Crippen LogP contribution in [-0.4, -0.2) is 37.8 Å². The molecule has 19 heavy (non-hydrogen) atoms. The summed E-state index contributed by atoms with van der Waals surface area (Å²) in [6.45, 7) is 6.87. The van der Waals surface area contributed by atoms with Gasteiger partial charge in [0, 0.05) is 25.0 Å². The summed E-state index contributed by atoms with van der Waals surface area (Å²) in [5.74, 6) is 0.332. The minimum atomic E-state index is -3.61. The summed E-state index contributed by atoms with van der Waals surface area (Å²) in [5, 5.41) is 8.12. The van der Waals surface area contributed by atoms with Gasteiger partial charge in [-0.25, -0.2) is 5.14 Å². The fourth-order valence-corrected chi connectivity index (χ4v) is 3.13. The Kier molecular flexibility index (Phi) is 5.76. The van der Waals surface area contributed by atoms with E-state index in [9.17, 15) is 13.2 Å². The number of nitrogens with one attached hydrogen (secondary N) is 1. The van der Waals surface area contributed by atoms with E-state index in [4.69, 9.17) is 5.14 Å². The summed E-state index contributed by atoms with van der Waals surface area (Å²) >= 11 is 0. The molecule has 0 aliphatic carbocycles. The average molecular weight is 291 g/mol. The van der Waals surface area contributed by atoms with Gasteiger partial charge in [-0.1, -0.05) is 20.8 Å². The molecule has 0 spiro atoms. The molecule has 1 fully saturated rings. The number of hydrogen-bond acceptors (Lipinski definition) is 3. The van der Waals surface area contributed by atoms with Gasteiger partial charge >= 0.3 is 0 Å². The Hall–Kier alpha value is -0.660. The Morgan fingerprint density at radius 3 is 2.26 bits per heavy atom. The first-order chi connectivity index (χ1) is 8.75. The lowest BCUT2D eigenvalue weighted by atomic mass is 9.95. The summed E-state index contributed by atoms with van der Waals surface area (Å²) in [6, 6.07) is 0.184. The summed E-state index contributed by atoms with van der Waals surface area (Å²) in [5.41, 5.74) is 0. The molecule has 1 heterocycles. The van der Waals surface area contributed by atoms with E-state index in [0.29, 0.717) is 31.8 Å². The molecule has 0 bridgehead atoms. The van der Waals surface area contributed by atoms with Gasteiger partial charge in [0.2, 0.25) is 5.91 Å². The fraction of sp³-hybridized carbons (Fsp3) is 0.917. The third-order valence-corrected chi connectivity index (χ3v) is 4.84. The molecule has 3 N–H and O–H groups in total. The molecule has 112 valence electrons. The zero-order valence-electron chi connectivity index (χ0n) is 11.9. The number of hydrogen-bond donors (Lipinski definition) is 2. The number of amides is 1. The van der Waals surface area contributed by atoms with Crippen LogP contribution in [0.15, 0.2) is 0 Å². The van der Waals surface area contributed by atoms with Crippen molar-refractivity contribution < 1.29 is 13.2 Å². The summed E-state index contributed by atoms with van der Waals surface area (Å²) in [6.07, 6.45) is 1.98. The molecule has 0 saturated carbocycles. The second-order valence-corrected chi connectivity index (χ2v) is 7.03. The standard InChI is InChI=1S/C12H25N3O3S/c1-4-11(9(2)3)14-12(16)10-5-7-15(8-6-10)19(13,17)18/h9-11H,4-8H2,1-3H3,(H,14,16)(H2,13,17,18). The largest absolute Gasteiger partial charge is 0.353 e. The molecule has 1 amide bonds. The summed E-state index contributed by atoms with van der Waals surface area (Å²) < 4.78 is 23.6. The van der Waals surface area contributed by atoms with Crippen molar-refractivity contribution in [3.05, 3.63) is 0 Å². The van der Waals surface area contributed by atoms with E-state index < -0.39 is 10.2 Å². The Morgan fingerprint density at radius 2 is 1.89 bits per heavy atom. The van der Waals surface area contributed by atoms with Crippen molar-refractivity contribution in [2.45, 2.75) is 46.1 Å². The van der Waals surface area contributed by atoms with Gasteiger partial charge < -0.3 is 5.32 Å². The maximum Gasteiger partial charge on any atom is 0.276 e. The number of rotatable bonds is 5. The highest BCUT2D eigenvalue weighted by atomic mass is 32.2. The topological polar surface area (TPSA) is 92.5 Å². The third kappa shape index (κ3) is 4.74. The molecular formula is C12H25N3O3S. The predicted octanol–water partition coefficient (Wildman–Crippen LogP) is 0.453. The Morgan fingerprint density at radius 1 is 1.37 bits per heavy atom. The monoisotopic (exact) mass is 291 g/mol. The van der Waals surface area contributed by atoms with Crippen LogP contribution in [0.5, 0.6) is 0 Å². The zero-order valence-corrected chi connectivity index (χ0v) is 12.7. The van der Waals surface area contributed by atoms with E-state index in [0.717, 1.165) is 6.42 Å². The fourth-order valence-electron chi connectivity index (χ4n) is 2.41. The van der Waals surface area contributed by atoms with Gasteiger partial charge in [-0.3, -0.25) is 4.79 Å². The van der Waals surface area contributed by atoms with E-state index in [1.165, 1.54) is 4.31 Å². The predicted molar refractivity (Wildman–Crippen MR) is 74.5 cm³/mol. The first-order valence-electron chi connectivity index (χ1n) is 6.84. The van der Waals surface area contributed by atoms with Crippen LogP contribution in [0.1, 0.15) is 40.0 Å². The van der Waals surface area contributed by atoms with Gasteiger partial charge in [-0.2, -0.15) is 12.7 Å². The Balaban J connectivity index is 2.49. The lowest BCUT2D eigenvalue weighted by Gasteiger charge is -2.30. The number of nitrogens with zero attached hydrogens (tertiary/aromatic N) is 1. The maximum atomic E-state index is 12.1. The van der Waals surface area contributed by atoms with Gasteiger partial charge in [-0.15, -0.1) is 0 Å². The van der Waals surface area contributed by atoms with Gasteiger partial charge in [0.25, 0.3) is 10.2 Å². The highest BCUT2D eigenvalue weighted by molar-refractivity contribution is 7.86. The Bertz CT molecular complexity index is 400. The van der Waals surface area contributed by atoms with E-state index in [2.05, 4.69) is 26.1 Å². The number of carbonyl (C=O) groups is 1. The normalized spacial score (nSPS) is 20.5. The maximum absolute atomic E-state index is 12.1. The quantitative estimate of drug-likeness (QED) is 0.770. The minimum Gasteiger partial charge on any atom is -0.353 e. The van der Waals surface area contributed by atoms with E-state index >= 15 is 0 Å². The van der Waals surface area contributed by atoms with Crippen molar-refractivity contribution in [2.75, 3.05) is 13.1 Å². The molecule has 7 heteroatoms.